The molecule has 18 heavy (non-hydrogen) atoms. The second kappa shape index (κ2) is 5.62. The van der Waals surface area contributed by atoms with Crippen LogP contribution in [0.4, 0.5) is 5.69 Å². The van der Waals surface area contributed by atoms with E-state index in [0.29, 0.717) is 0 Å². The fraction of sp³-hybridized carbons (Fsp3) is 0.200. The summed E-state index contributed by atoms with van der Waals surface area (Å²) in [6.45, 7) is 0. The Bertz CT molecular complexity index is 511. The lowest BCUT2D eigenvalue weighted by Gasteiger charge is -2.04. The molecule has 0 amide bonds. The van der Waals surface area contributed by atoms with Crippen molar-refractivity contribution < 1.29 is 24.4 Å². The lowest BCUT2D eigenvalue weighted by atomic mass is 10.1. The van der Waals surface area contributed by atoms with Crippen molar-refractivity contribution in [2.24, 2.45) is 5.16 Å². The Balaban J connectivity index is 3.30. The molecule has 0 aliphatic rings. The van der Waals surface area contributed by atoms with Gasteiger partial charge in [0.25, 0.3) is 0 Å². The second-order valence-corrected chi connectivity index (χ2v) is 3.07. The molecule has 0 saturated carbocycles. The van der Waals surface area contributed by atoms with E-state index in [1.54, 1.807) is 0 Å². The van der Waals surface area contributed by atoms with Crippen molar-refractivity contribution in [3.05, 3.63) is 33.9 Å². The number of aromatic hydroxyl groups is 1. The van der Waals surface area contributed by atoms with Gasteiger partial charge in [-0.2, -0.15) is 0 Å². The number of hydrogen-bond acceptors (Lipinski definition) is 7. The summed E-state index contributed by atoms with van der Waals surface area (Å²) in [4.78, 5) is 25.7. The lowest BCUT2D eigenvalue weighted by molar-refractivity contribution is -0.385. The van der Waals surface area contributed by atoms with E-state index in [1.807, 2.05) is 0 Å². The molecule has 0 saturated heterocycles. The number of oxime groups is 1. The summed E-state index contributed by atoms with van der Waals surface area (Å²) in [7, 11) is 2.36. The van der Waals surface area contributed by atoms with Crippen LogP contribution in [0, 0.1) is 10.1 Å². The van der Waals surface area contributed by atoms with Crippen molar-refractivity contribution in [3.63, 3.8) is 0 Å². The van der Waals surface area contributed by atoms with Crippen molar-refractivity contribution in [2.45, 2.75) is 0 Å². The zero-order valence-electron chi connectivity index (χ0n) is 9.61. The van der Waals surface area contributed by atoms with Gasteiger partial charge in [0.1, 0.15) is 7.11 Å². The molecule has 0 aliphatic carbocycles. The number of phenols is 1. The monoisotopic (exact) mass is 254 g/mol. The Kier molecular flexibility index (Phi) is 4.19. The third-order valence-electron chi connectivity index (χ3n) is 2.01. The van der Waals surface area contributed by atoms with Gasteiger partial charge in [-0.25, -0.2) is 4.79 Å². The van der Waals surface area contributed by atoms with Crippen molar-refractivity contribution in [2.75, 3.05) is 14.2 Å². The number of carbonyl (C=O) groups is 1. The number of phenolic OH excluding ortho intramolecular Hbond substituents is 1. The van der Waals surface area contributed by atoms with Gasteiger partial charge in [-0.15, -0.1) is 0 Å². The molecule has 0 bridgehead atoms. The molecule has 8 heteroatoms. The molecule has 0 aliphatic heterocycles. The van der Waals surface area contributed by atoms with E-state index in [4.69, 9.17) is 0 Å². The predicted octanol–water partition coefficient (Wildman–Crippen LogP) is 0.824. The Morgan fingerprint density at radius 3 is 2.61 bits per heavy atom. The molecule has 1 aromatic carbocycles. The highest BCUT2D eigenvalue weighted by Gasteiger charge is 2.21. The molecular weight excluding hydrogens is 244 g/mol. The van der Waals surface area contributed by atoms with Crippen molar-refractivity contribution >= 4 is 17.4 Å². The smallest absolute Gasteiger partial charge is 0.360 e. The number of methoxy groups -OCH3 is 1. The summed E-state index contributed by atoms with van der Waals surface area (Å²) in [6.07, 6.45) is 0. The number of benzene rings is 1. The predicted molar refractivity (Wildman–Crippen MR) is 60.3 cm³/mol. The molecule has 96 valence electrons. The molecular formula is C10H10N2O6. The Morgan fingerprint density at radius 2 is 2.11 bits per heavy atom. The first kappa shape index (κ1) is 13.4. The minimum absolute atomic E-state index is 0.105. The van der Waals surface area contributed by atoms with Crippen LogP contribution in [-0.2, 0) is 14.4 Å². The summed E-state index contributed by atoms with van der Waals surface area (Å²) in [6, 6.07) is 3.38. The average Bonchev–Trinajstić information content (AvgIpc) is 2.35. The minimum Gasteiger partial charge on any atom is -0.502 e. The summed E-state index contributed by atoms with van der Waals surface area (Å²) in [5.41, 5.74) is -0.670. The van der Waals surface area contributed by atoms with Gasteiger partial charge >= 0.3 is 11.7 Å². The number of nitro groups is 1. The lowest BCUT2D eigenvalue weighted by Crippen LogP contribution is -2.17. The first-order valence-corrected chi connectivity index (χ1v) is 4.68. The molecule has 0 heterocycles. The topological polar surface area (TPSA) is 111 Å². The third-order valence-corrected chi connectivity index (χ3v) is 2.01. The number of hydrogen-bond donors (Lipinski definition) is 1. The van der Waals surface area contributed by atoms with E-state index in [0.717, 1.165) is 19.2 Å². The van der Waals surface area contributed by atoms with Crippen LogP contribution in [0.1, 0.15) is 5.56 Å². The van der Waals surface area contributed by atoms with E-state index in [9.17, 15) is 20.0 Å². The molecule has 0 radical (unpaired) electrons. The highest BCUT2D eigenvalue weighted by atomic mass is 16.6. The zero-order valence-corrected chi connectivity index (χ0v) is 9.61. The third kappa shape index (κ3) is 2.73. The number of carbonyl (C=O) groups excluding carboxylic acids is 1. The van der Waals surface area contributed by atoms with Gasteiger partial charge in [-0.3, -0.25) is 10.1 Å². The van der Waals surface area contributed by atoms with Crippen LogP contribution in [0.25, 0.3) is 0 Å². The fourth-order valence-corrected chi connectivity index (χ4v) is 1.21. The summed E-state index contributed by atoms with van der Waals surface area (Å²) >= 11 is 0. The Morgan fingerprint density at radius 1 is 1.44 bits per heavy atom. The Hall–Kier alpha value is -2.64. The highest BCUT2D eigenvalue weighted by molar-refractivity contribution is 6.43. The normalized spacial score (nSPS) is 10.9. The first-order chi connectivity index (χ1) is 8.51. The van der Waals surface area contributed by atoms with Crippen molar-refractivity contribution in [1.29, 1.82) is 0 Å². The average molecular weight is 254 g/mol. The SMILES string of the molecule is CO/N=C(/C(=O)OC)c1ccc(O)c([N+](=O)[O-])c1. The summed E-state index contributed by atoms with van der Waals surface area (Å²) in [5, 5.41) is 23.4. The van der Waals surface area contributed by atoms with Gasteiger partial charge in [0.2, 0.25) is 0 Å². The van der Waals surface area contributed by atoms with Gasteiger partial charge < -0.3 is 14.7 Å². The van der Waals surface area contributed by atoms with Crippen LogP contribution in [0.2, 0.25) is 0 Å². The van der Waals surface area contributed by atoms with Gasteiger partial charge in [-0.05, 0) is 12.1 Å². The molecule has 0 unspecified atom stereocenters. The van der Waals surface area contributed by atoms with Crippen molar-refractivity contribution in [1.82, 2.24) is 0 Å². The molecule has 0 fully saturated rings. The summed E-state index contributed by atoms with van der Waals surface area (Å²) < 4.78 is 4.47. The largest absolute Gasteiger partial charge is 0.502 e. The van der Waals surface area contributed by atoms with E-state index in [-0.39, 0.29) is 11.3 Å². The fourth-order valence-electron chi connectivity index (χ4n) is 1.21. The minimum atomic E-state index is -0.808. The molecule has 1 N–H and O–H groups in total. The molecule has 1 aromatic rings. The van der Waals surface area contributed by atoms with Crippen LogP contribution in [0.15, 0.2) is 23.4 Å². The maximum absolute atomic E-state index is 11.4. The number of rotatable bonds is 4. The number of esters is 1. The second-order valence-electron chi connectivity index (χ2n) is 3.07. The molecule has 0 atom stereocenters. The maximum atomic E-state index is 11.4. The molecule has 0 spiro atoms. The summed E-state index contributed by atoms with van der Waals surface area (Å²) in [5.74, 6) is -1.32. The van der Waals surface area contributed by atoms with E-state index >= 15 is 0 Å². The zero-order chi connectivity index (χ0) is 13.7. The van der Waals surface area contributed by atoms with Gasteiger partial charge in [-0.1, -0.05) is 5.16 Å². The maximum Gasteiger partial charge on any atom is 0.360 e. The molecule has 1 rings (SSSR count). The van der Waals surface area contributed by atoms with Gasteiger partial charge in [0, 0.05) is 11.6 Å². The molecule has 0 aromatic heterocycles. The van der Waals surface area contributed by atoms with Crippen LogP contribution in [0.3, 0.4) is 0 Å². The van der Waals surface area contributed by atoms with Crippen LogP contribution in [-0.4, -0.2) is 35.9 Å². The molecule has 8 nitrogen and oxygen atoms in total. The standard InChI is InChI=1S/C10H10N2O6/c1-17-10(14)9(11-18-2)6-3-4-8(13)7(5-6)12(15)16/h3-5,13H,1-2H3/b11-9+. The Labute approximate surface area is 102 Å². The van der Waals surface area contributed by atoms with Crippen LogP contribution < -0.4 is 0 Å². The number of ether oxygens (including phenoxy) is 1. The van der Waals surface area contributed by atoms with E-state index in [2.05, 4.69) is 14.7 Å². The van der Waals surface area contributed by atoms with E-state index < -0.39 is 22.3 Å². The van der Waals surface area contributed by atoms with Crippen molar-refractivity contribution in [3.8, 4) is 5.75 Å². The van der Waals surface area contributed by atoms with Gasteiger partial charge in [0.15, 0.2) is 11.5 Å². The highest BCUT2D eigenvalue weighted by Crippen LogP contribution is 2.26. The van der Waals surface area contributed by atoms with Gasteiger partial charge in [0.05, 0.1) is 12.0 Å². The number of nitrogens with zero attached hydrogens (tertiary/aromatic N) is 2. The van der Waals surface area contributed by atoms with Crippen LogP contribution >= 0.6 is 0 Å². The van der Waals surface area contributed by atoms with E-state index in [1.165, 1.54) is 13.2 Å². The number of nitro benzene ring substituents is 1. The quantitative estimate of drug-likeness (QED) is 0.368. The van der Waals surface area contributed by atoms with Crippen LogP contribution in [0.5, 0.6) is 5.75 Å². The first-order valence-electron chi connectivity index (χ1n) is 4.68.